The van der Waals surface area contributed by atoms with Gasteiger partial charge < -0.3 is 5.32 Å². The van der Waals surface area contributed by atoms with Gasteiger partial charge in [-0.3, -0.25) is 0 Å². The summed E-state index contributed by atoms with van der Waals surface area (Å²) < 4.78 is 0. The second kappa shape index (κ2) is 3.71. The minimum atomic E-state index is 0.193. The molecule has 0 saturated carbocycles. The highest BCUT2D eigenvalue weighted by Gasteiger charge is 2.19. The van der Waals surface area contributed by atoms with E-state index in [0.29, 0.717) is 6.04 Å². The van der Waals surface area contributed by atoms with E-state index in [1.807, 2.05) is 0 Å². The first-order chi connectivity index (χ1) is 8.43. The predicted octanol–water partition coefficient (Wildman–Crippen LogP) is 3.89. The molecule has 0 aliphatic carbocycles. The van der Waals surface area contributed by atoms with E-state index in [9.17, 15) is 0 Å². The average molecular weight is 240 g/mol. The van der Waals surface area contributed by atoms with Crippen LogP contribution in [-0.4, -0.2) is 11.0 Å². The Labute approximate surface area is 108 Å². The molecule has 0 fully saturated rings. The molecule has 0 radical (unpaired) electrons. The molecule has 2 aromatic rings. The highest BCUT2D eigenvalue weighted by molar-refractivity contribution is 5.83. The number of pyridine rings is 1. The summed E-state index contributed by atoms with van der Waals surface area (Å²) in [5.74, 6) is 1.07. The zero-order valence-electron chi connectivity index (χ0n) is 11.5. The molecule has 1 unspecified atom stereocenters. The molecule has 0 spiro atoms. The molecule has 0 amide bonds. The maximum atomic E-state index is 4.72. The van der Waals surface area contributed by atoms with Gasteiger partial charge in [-0.2, -0.15) is 0 Å². The number of nitrogens with zero attached hydrogens (tertiary/aromatic N) is 1. The molecule has 18 heavy (non-hydrogen) atoms. The Morgan fingerprint density at radius 2 is 2.00 bits per heavy atom. The highest BCUT2D eigenvalue weighted by atomic mass is 15.0. The van der Waals surface area contributed by atoms with Gasteiger partial charge in [0.25, 0.3) is 0 Å². The lowest BCUT2D eigenvalue weighted by Crippen LogP contribution is -2.10. The van der Waals surface area contributed by atoms with E-state index >= 15 is 0 Å². The molecule has 1 N–H and O–H groups in total. The lowest BCUT2D eigenvalue weighted by molar-refractivity contribution is 0.591. The second-order valence-corrected chi connectivity index (χ2v) is 6.40. The summed E-state index contributed by atoms with van der Waals surface area (Å²) in [6, 6.07) is 9.42. The fourth-order valence-electron chi connectivity index (χ4n) is 2.58. The number of aromatic nitrogens is 1. The maximum Gasteiger partial charge on any atom is 0.130 e. The standard InChI is InChI=1S/C16H20N2/c1-10-7-12-8-11-9-13(16(2,3)4)5-6-14(11)18-15(12)17-10/h5-6,8-10H,7H2,1-4H3,(H,17,18). The lowest BCUT2D eigenvalue weighted by atomic mass is 9.86. The molecule has 1 aromatic carbocycles. The van der Waals surface area contributed by atoms with Gasteiger partial charge in [-0.1, -0.05) is 26.8 Å². The smallest absolute Gasteiger partial charge is 0.130 e. The summed E-state index contributed by atoms with van der Waals surface area (Å²) >= 11 is 0. The molecule has 1 aromatic heterocycles. The van der Waals surface area contributed by atoms with Crippen LogP contribution in [0.3, 0.4) is 0 Å². The summed E-state index contributed by atoms with van der Waals surface area (Å²) in [6.07, 6.45) is 1.08. The van der Waals surface area contributed by atoms with Crippen molar-refractivity contribution in [2.75, 3.05) is 5.32 Å². The Morgan fingerprint density at radius 1 is 1.22 bits per heavy atom. The molecule has 0 bridgehead atoms. The summed E-state index contributed by atoms with van der Waals surface area (Å²) in [7, 11) is 0. The molecule has 3 rings (SSSR count). The van der Waals surface area contributed by atoms with Crippen molar-refractivity contribution < 1.29 is 0 Å². The molecule has 1 aliphatic heterocycles. The van der Waals surface area contributed by atoms with Crippen molar-refractivity contribution in [3.63, 3.8) is 0 Å². The van der Waals surface area contributed by atoms with Crippen LogP contribution in [0.25, 0.3) is 10.9 Å². The Balaban J connectivity index is 2.16. The molecule has 2 heterocycles. The Morgan fingerprint density at radius 3 is 2.72 bits per heavy atom. The van der Waals surface area contributed by atoms with Gasteiger partial charge in [0.05, 0.1) is 5.52 Å². The van der Waals surface area contributed by atoms with Gasteiger partial charge in [-0.25, -0.2) is 4.98 Å². The first-order valence-corrected chi connectivity index (χ1v) is 6.64. The van der Waals surface area contributed by atoms with Crippen molar-refractivity contribution in [2.24, 2.45) is 0 Å². The van der Waals surface area contributed by atoms with Crippen LogP contribution in [0.1, 0.15) is 38.8 Å². The predicted molar refractivity (Wildman–Crippen MR) is 77.2 cm³/mol. The van der Waals surface area contributed by atoms with Crippen LogP contribution in [-0.2, 0) is 11.8 Å². The number of fused-ring (bicyclic) bond motifs is 2. The van der Waals surface area contributed by atoms with Crippen molar-refractivity contribution in [2.45, 2.75) is 45.6 Å². The average Bonchev–Trinajstić information content (AvgIpc) is 2.62. The van der Waals surface area contributed by atoms with E-state index in [1.54, 1.807) is 0 Å². The summed E-state index contributed by atoms with van der Waals surface area (Å²) in [5.41, 5.74) is 4.00. The van der Waals surface area contributed by atoms with Crippen LogP contribution in [0.4, 0.5) is 5.82 Å². The molecular formula is C16H20N2. The third-order valence-electron chi connectivity index (χ3n) is 3.67. The van der Waals surface area contributed by atoms with Crippen LogP contribution < -0.4 is 5.32 Å². The van der Waals surface area contributed by atoms with E-state index in [-0.39, 0.29) is 5.41 Å². The van der Waals surface area contributed by atoms with Crippen LogP contribution in [0.5, 0.6) is 0 Å². The Kier molecular flexibility index (Phi) is 2.37. The minimum absolute atomic E-state index is 0.193. The second-order valence-electron chi connectivity index (χ2n) is 6.40. The molecule has 0 saturated heterocycles. The van der Waals surface area contributed by atoms with Gasteiger partial charge in [0, 0.05) is 11.4 Å². The quantitative estimate of drug-likeness (QED) is 0.755. The molecule has 2 heteroatoms. The SMILES string of the molecule is CC1Cc2cc3cc(C(C)(C)C)ccc3nc2N1. The normalized spacial score (nSPS) is 18.8. The fourth-order valence-corrected chi connectivity index (χ4v) is 2.58. The van der Waals surface area contributed by atoms with Crippen molar-refractivity contribution >= 4 is 16.7 Å². The van der Waals surface area contributed by atoms with Crippen LogP contribution >= 0.6 is 0 Å². The van der Waals surface area contributed by atoms with Gasteiger partial charge >= 0.3 is 0 Å². The van der Waals surface area contributed by atoms with Gasteiger partial charge in [0.1, 0.15) is 5.82 Å². The summed E-state index contributed by atoms with van der Waals surface area (Å²) in [6.45, 7) is 8.95. The first-order valence-electron chi connectivity index (χ1n) is 6.64. The van der Waals surface area contributed by atoms with Gasteiger partial charge in [-0.15, -0.1) is 0 Å². The third-order valence-corrected chi connectivity index (χ3v) is 3.67. The highest BCUT2D eigenvalue weighted by Crippen LogP contribution is 2.30. The van der Waals surface area contributed by atoms with Crippen LogP contribution in [0.15, 0.2) is 24.3 Å². The third kappa shape index (κ3) is 1.86. The van der Waals surface area contributed by atoms with Crippen LogP contribution in [0.2, 0.25) is 0 Å². The number of hydrogen-bond donors (Lipinski definition) is 1. The largest absolute Gasteiger partial charge is 0.367 e. The molecule has 94 valence electrons. The van der Waals surface area contributed by atoms with E-state index in [4.69, 9.17) is 4.98 Å². The molecular weight excluding hydrogens is 220 g/mol. The summed E-state index contributed by atoms with van der Waals surface area (Å²) in [4.78, 5) is 4.72. The number of benzene rings is 1. The molecule has 2 nitrogen and oxygen atoms in total. The van der Waals surface area contributed by atoms with Crippen molar-refractivity contribution in [3.05, 3.63) is 35.4 Å². The van der Waals surface area contributed by atoms with Crippen molar-refractivity contribution in [1.29, 1.82) is 0 Å². The van der Waals surface area contributed by atoms with E-state index < -0.39 is 0 Å². The van der Waals surface area contributed by atoms with Crippen LogP contribution in [0, 0.1) is 0 Å². The number of hydrogen-bond acceptors (Lipinski definition) is 2. The molecule has 1 aliphatic rings. The van der Waals surface area contributed by atoms with Gasteiger partial charge in [0.15, 0.2) is 0 Å². The van der Waals surface area contributed by atoms with Gasteiger partial charge in [-0.05, 0) is 48.1 Å². The topological polar surface area (TPSA) is 24.9 Å². The fraction of sp³-hybridized carbons (Fsp3) is 0.438. The molecule has 1 atom stereocenters. The van der Waals surface area contributed by atoms with E-state index in [2.05, 4.69) is 57.3 Å². The Bertz CT molecular complexity index is 608. The lowest BCUT2D eigenvalue weighted by Gasteiger charge is -2.19. The first kappa shape index (κ1) is 11.5. The van der Waals surface area contributed by atoms with E-state index in [1.165, 1.54) is 16.5 Å². The van der Waals surface area contributed by atoms with Gasteiger partial charge in [0.2, 0.25) is 0 Å². The number of nitrogens with one attached hydrogen (secondary N) is 1. The van der Waals surface area contributed by atoms with Crippen molar-refractivity contribution in [1.82, 2.24) is 4.98 Å². The zero-order chi connectivity index (χ0) is 12.9. The Hall–Kier alpha value is -1.57. The minimum Gasteiger partial charge on any atom is -0.367 e. The number of anilines is 1. The maximum absolute atomic E-state index is 4.72. The summed E-state index contributed by atoms with van der Waals surface area (Å²) in [5, 5.41) is 4.68. The zero-order valence-corrected chi connectivity index (χ0v) is 11.5. The monoisotopic (exact) mass is 240 g/mol. The number of rotatable bonds is 0. The van der Waals surface area contributed by atoms with Crippen molar-refractivity contribution in [3.8, 4) is 0 Å². The van der Waals surface area contributed by atoms with E-state index in [0.717, 1.165) is 17.8 Å².